The molecule has 0 radical (unpaired) electrons. The zero-order chi connectivity index (χ0) is 30.9. The number of carbonyl (C=O) groups excluding carboxylic acids is 2. The predicted molar refractivity (Wildman–Crippen MR) is 181 cm³/mol. The number of carbonyl (C=O) groups is 2. The van der Waals surface area contributed by atoms with Gasteiger partial charge in [0.1, 0.15) is 0 Å². The molecule has 0 amide bonds. The summed E-state index contributed by atoms with van der Waals surface area (Å²) in [5.74, 6) is -0.549. The van der Waals surface area contributed by atoms with Gasteiger partial charge in [0.25, 0.3) is 0 Å². The van der Waals surface area contributed by atoms with Crippen molar-refractivity contribution in [2.75, 3.05) is 13.2 Å². The van der Waals surface area contributed by atoms with Gasteiger partial charge < -0.3 is 9.47 Å². The lowest BCUT2D eigenvalue weighted by atomic mass is 9.96. The number of esters is 2. The van der Waals surface area contributed by atoms with Gasteiger partial charge in [-0.1, -0.05) is 169 Å². The first-order valence-electron chi connectivity index (χ1n) is 18.7. The monoisotopic (exact) mass is 593 g/mol. The van der Waals surface area contributed by atoms with E-state index in [1.165, 1.54) is 116 Å². The van der Waals surface area contributed by atoms with Crippen LogP contribution < -0.4 is 0 Å². The molecule has 0 saturated heterocycles. The predicted octanol–water partition coefficient (Wildman–Crippen LogP) is 12.4. The highest BCUT2D eigenvalue weighted by Gasteiger charge is 2.23. The van der Waals surface area contributed by atoms with Crippen molar-refractivity contribution in [1.82, 2.24) is 0 Å². The van der Waals surface area contributed by atoms with Crippen LogP contribution in [0.3, 0.4) is 0 Å². The highest BCUT2D eigenvalue weighted by molar-refractivity contribution is 6.00. The van der Waals surface area contributed by atoms with Gasteiger partial charge in [-0.05, 0) is 38.5 Å². The van der Waals surface area contributed by atoms with E-state index in [1.54, 1.807) is 0 Å². The fourth-order valence-electron chi connectivity index (χ4n) is 5.54. The van der Waals surface area contributed by atoms with E-state index in [-0.39, 0.29) is 11.9 Å². The Balaban J connectivity index is 5.30. The summed E-state index contributed by atoms with van der Waals surface area (Å²) in [5, 5.41) is 0. The van der Waals surface area contributed by atoms with Gasteiger partial charge in [-0.25, -0.2) is 9.59 Å². The van der Waals surface area contributed by atoms with Crippen LogP contribution in [-0.4, -0.2) is 25.2 Å². The SMILES string of the molecule is CCCCCCCCCC/C(C(=O)OCCCCCCCC)=C(\CCCCCCCC)C(=O)OCCCCCCCC. The van der Waals surface area contributed by atoms with Crippen LogP contribution in [0.2, 0.25) is 0 Å². The molecule has 42 heavy (non-hydrogen) atoms. The highest BCUT2D eigenvalue weighted by Crippen LogP contribution is 2.24. The van der Waals surface area contributed by atoms with Crippen molar-refractivity contribution in [2.45, 2.75) is 207 Å². The molecular weight excluding hydrogens is 520 g/mol. The van der Waals surface area contributed by atoms with E-state index in [9.17, 15) is 9.59 Å². The average Bonchev–Trinajstić information content (AvgIpc) is 2.99. The topological polar surface area (TPSA) is 52.6 Å². The average molecular weight is 593 g/mol. The largest absolute Gasteiger partial charge is 0.462 e. The van der Waals surface area contributed by atoms with Gasteiger partial charge in [0, 0.05) is 11.1 Å². The zero-order valence-corrected chi connectivity index (χ0v) is 28.8. The maximum absolute atomic E-state index is 13.4. The van der Waals surface area contributed by atoms with Crippen LogP contribution in [0.5, 0.6) is 0 Å². The van der Waals surface area contributed by atoms with Crippen LogP contribution in [0, 0.1) is 0 Å². The first-order valence-corrected chi connectivity index (χ1v) is 18.7. The summed E-state index contributed by atoms with van der Waals surface area (Å²) in [6.07, 6.45) is 31.7. The van der Waals surface area contributed by atoms with Crippen LogP contribution in [0.4, 0.5) is 0 Å². The maximum atomic E-state index is 13.4. The third-order valence-electron chi connectivity index (χ3n) is 8.38. The van der Waals surface area contributed by atoms with E-state index in [4.69, 9.17) is 9.47 Å². The Morgan fingerprint density at radius 2 is 0.571 bits per heavy atom. The molecule has 0 aliphatic rings. The number of hydrogen-bond donors (Lipinski definition) is 0. The zero-order valence-electron chi connectivity index (χ0n) is 28.8. The molecule has 4 nitrogen and oxygen atoms in total. The van der Waals surface area contributed by atoms with Crippen molar-refractivity contribution >= 4 is 11.9 Å². The Morgan fingerprint density at radius 1 is 0.333 bits per heavy atom. The summed E-state index contributed by atoms with van der Waals surface area (Å²) >= 11 is 0. The molecule has 0 bridgehead atoms. The Hall–Kier alpha value is -1.32. The first kappa shape index (κ1) is 40.7. The fraction of sp³-hybridized carbons (Fsp3) is 0.895. The van der Waals surface area contributed by atoms with Crippen molar-refractivity contribution in [1.29, 1.82) is 0 Å². The minimum absolute atomic E-state index is 0.274. The van der Waals surface area contributed by atoms with E-state index in [0.717, 1.165) is 51.4 Å². The van der Waals surface area contributed by atoms with Crippen LogP contribution in [0.25, 0.3) is 0 Å². The molecule has 0 N–H and O–H groups in total. The molecule has 0 aromatic rings. The van der Waals surface area contributed by atoms with Gasteiger partial charge in [0.05, 0.1) is 13.2 Å². The van der Waals surface area contributed by atoms with Gasteiger partial charge >= 0.3 is 11.9 Å². The van der Waals surface area contributed by atoms with E-state index in [0.29, 0.717) is 37.2 Å². The maximum Gasteiger partial charge on any atom is 0.334 e. The molecule has 0 aliphatic carbocycles. The first-order chi connectivity index (χ1) is 20.6. The lowest BCUT2D eigenvalue weighted by molar-refractivity contribution is -0.142. The molecule has 0 atom stereocenters. The van der Waals surface area contributed by atoms with E-state index < -0.39 is 0 Å². The van der Waals surface area contributed by atoms with Gasteiger partial charge in [0.2, 0.25) is 0 Å². The van der Waals surface area contributed by atoms with Crippen molar-refractivity contribution < 1.29 is 19.1 Å². The molecule has 0 rings (SSSR count). The van der Waals surface area contributed by atoms with Crippen molar-refractivity contribution in [3.63, 3.8) is 0 Å². The molecule has 4 heteroatoms. The molecule has 0 aromatic heterocycles. The van der Waals surface area contributed by atoms with Crippen LogP contribution >= 0.6 is 0 Å². The van der Waals surface area contributed by atoms with E-state index in [1.807, 2.05) is 0 Å². The second-order valence-corrected chi connectivity index (χ2v) is 12.5. The summed E-state index contributed by atoms with van der Waals surface area (Å²) in [7, 11) is 0. The number of unbranched alkanes of at least 4 members (excludes halogenated alkanes) is 22. The Kier molecular flexibility index (Phi) is 31.6. The van der Waals surface area contributed by atoms with Crippen molar-refractivity contribution in [3.05, 3.63) is 11.1 Å². The van der Waals surface area contributed by atoms with Gasteiger partial charge in [0.15, 0.2) is 0 Å². The third-order valence-corrected chi connectivity index (χ3v) is 8.38. The van der Waals surface area contributed by atoms with Crippen molar-refractivity contribution in [3.8, 4) is 0 Å². The summed E-state index contributed by atoms with van der Waals surface area (Å²) < 4.78 is 11.6. The molecular formula is C38H72O4. The molecule has 0 aromatic carbocycles. The third kappa shape index (κ3) is 25.2. The number of ether oxygens (including phenoxy) is 2. The van der Waals surface area contributed by atoms with E-state index in [2.05, 4.69) is 27.7 Å². The minimum Gasteiger partial charge on any atom is -0.462 e. The Bertz CT molecular complexity index is 639. The second-order valence-electron chi connectivity index (χ2n) is 12.5. The standard InChI is InChI=1S/C38H72O4/c1-5-9-13-17-21-22-24-28-32-36(38(40)42-34-30-26-20-16-12-8-4)35(31-27-23-18-14-10-6-2)37(39)41-33-29-25-19-15-11-7-3/h5-34H2,1-4H3/b36-35-. The summed E-state index contributed by atoms with van der Waals surface area (Å²) in [6.45, 7) is 9.83. The Morgan fingerprint density at radius 3 is 0.857 bits per heavy atom. The number of rotatable bonds is 32. The minimum atomic E-state index is -0.275. The molecule has 248 valence electrons. The molecule has 0 aliphatic heterocycles. The molecule has 0 unspecified atom stereocenters. The second kappa shape index (κ2) is 32.6. The van der Waals surface area contributed by atoms with Crippen molar-refractivity contribution in [2.24, 2.45) is 0 Å². The number of hydrogen-bond acceptors (Lipinski definition) is 4. The molecule has 0 fully saturated rings. The molecule has 0 heterocycles. The lowest BCUT2D eigenvalue weighted by Gasteiger charge is -2.15. The summed E-state index contributed by atoms with van der Waals surface area (Å²) in [5.41, 5.74) is 1.21. The van der Waals surface area contributed by atoms with Crippen LogP contribution in [-0.2, 0) is 19.1 Å². The summed E-state index contributed by atoms with van der Waals surface area (Å²) in [4.78, 5) is 26.8. The smallest absolute Gasteiger partial charge is 0.334 e. The highest BCUT2D eigenvalue weighted by atomic mass is 16.5. The fourth-order valence-corrected chi connectivity index (χ4v) is 5.54. The molecule has 0 spiro atoms. The Labute approximate surface area is 262 Å². The molecule has 0 saturated carbocycles. The normalized spacial score (nSPS) is 11.9. The van der Waals surface area contributed by atoms with E-state index >= 15 is 0 Å². The van der Waals surface area contributed by atoms with Gasteiger partial charge in [-0.3, -0.25) is 0 Å². The lowest BCUT2D eigenvalue weighted by Crippen LogP contribution is -2.18. The quantitative estimate of drug-likeness (QED) is 0.0443. The van der Waals surface area contributed by atoms with Gasteiger partial charge in [-0.15, -0.1) is 0 Å². The van der Waals surface area contributed by atoms with Gasteiger partial charge in [-0.2, -0.15) is 0 Å². The van der Waals surface area contributed by atoms with Crippen LogP contribution in [0.15, 0.2) is 11.1 Å². The van der Waals surface area contributed by atoms with Crippen LogP contribution in [0.1, 0.15) is 207 Å². The summed E-state index contributed by atoms with van der Waals surface area (Å²) in [6, 6.07) is 0.